The molecule has 0 aliphatic heterocycles. The van der Waals surface area contributed by atoms with Gasteiger partial charge in [-0.25, -0.2) is 0 Å². The topological polar surface area (TPSA) is 70.7 Å². The third kappa shape index (κ3) is 7.03. The average molecular weight is 424 g/mol. The Bertz CT molecular complexity index is 830. The lowest BCUT2D eigenvalue weighted by molar-refractivity contribution is -0.119. The summed E-state index contributed by atoms with van der Waals surface area (Å²) in [4.78, 5) is 26.3. The van der Waals surface area contributed by atoms with E-state index in [1.165, 1.54) is 0 Å². The zero-order valence-electron chi connectivity index (χ0n) is 15.8. The zero-order valence-corrected chi connectivity index (χ0v) is 17.3. The van der Waals surface area contributed by atoms with Gasteiger partial charge in [-0.15, -0.1) is 0 Å². The lowest BCUT2D eigenvalue weighted by Crippen LogP contribution is -2.35. The molecule has 0 fully saturated rings. The Morgan fingerprint density at radius 3 is 2.57 bits per heavy atom. The van der Waals surface area contributed by atoms with Crippen LogP contribution in [-0.2, 0) is 9.59 Å². The van der Waals surface area contributed by atoms with Crippen molar-refractivity contribution in [3.05, 3.63) is 52.5 Å². The molecule has 0 unspecified atom stereocenters. The summed E-state index contributed by atoms with van der Waals surface area (Å²) >= 11 is 12.0. The van der Waals surface area contributed by atoms with Crippen LogP contribution in [0.25, 0.3) is 0 Å². The lowest BCUT2D eigenvalue weighted by atomic mass is 10.3. The van der Waals surface area contributed by atoms with Crippen molar-refractivity contribution in [2.75, 3.05) is 37.4 Å². The number of rotatable bonds is 9. The van der Waals surface area contributed by atoms with Crippen LogP contribution in [0.4, 0.5) is 11.4 Å². The molecule has 0 spiro atoms. The van der Waals surface area contributed by atoms with E-state index in [1.54, 1.807) is 49.6 Å². The van der Waals surface area contributed by atoms with E-state index >= 15 is 0 Å². The first-order valence-electron chi connectivity index (χ1n) is 8.82. The highest BCUT2D eigenvalue weighted by atomic mass is 35.5. The molecule has 0 aliphatic rings. The Labute approximate surface area is 174 Å². The fourth-order valence-electron chi connectivity index (χ4n) is 2.52. The summed E-state index contributed by atoms with van der Waals surface area (Å²) in [6, 6.07) is 12.0. The van der Waals surface area contributed by atoms with E-state index in [9.17, 15) is 9.59 Å². The molecule has 0 aromatic heterocycles. The molecule has 2 rings (SSSR count). The van der Waals surface area contributed by atoms with E-state index in [2.05, 4.69) is 10.6 Å². The number of benzene rings is 2. The van der Waals surface area contributed by atoms with Gasteiger partial charge in [0.05, 0.1) is 24.4 Å². The fourth-order valence-corrected chi connectivity index (χ4v) is 2.86. The molecule has 28 heavy (non-hydrogen) atoms. The minimum atomic E-state index is -0.198. The van der Waals surface area contributed by atoms with Crippen LogP contribution in [0.1, 0.15) is 13.3 Å². The van der Waals surface area contributed by atoms with Crippen LogP contribution < -0.4 is 15.4 Å². The number of nitrogens with zero attached hydrogens (tertiary/aromatic N) is 1. The number of nitrogens with one attached hydrogen (secondary N) is 2. The van der Waals surface area contributed by atoms with Crippen LogP contribution in [0.3, 0.4) is 0 Å². The summed E-state index contributed by atoms with van der Waals surface area (Å²) in [5, 5.41) is 6.48. The van der Waals surface area contributed by atoms with Crippen molar-refractivity contribution < 1.29 is 14.3 Å². The third-order valence-corrected chi connectivity index (χ3v) is 4.59. The van der Waals surface area contributed by atoms with E-state index in [-0.39, 0.29) is 24.8 Å². The number of methoxy groups -OCH3 is 1. The lowest BCUT2D eigenvalue weighted by Gasteiger charge is -2.19. The molecular formula is C20H23Cl2N3O3. The number of hydrogen-bond donors (Lipinski definition) is 2. The molecule has 150 valence electrons. The van der Waals surface area contributed by atoms with Crippen LogP contribution in [0.2, 0.25) is 10.0 Å². The number of halogens is 2. The molecule has 2 aromatic carbocycles. The monoisotopic (exact) mass is 423 g/mol. The van der Waals surface area contributed by atoms with Gasteiger partial charge in [-0.2, -0.15) is 0 Å². The van der Waals surface area contributed by atoms with Gasteiger partial charge < -0.3 is 15.4 Å². The van der Waals surface area contributed by atoms with Gasteiger partial charge in [0.2, 0.25) is 11.8 Å². The number of hydrogen-bond acceptors (Lipinski definition) is 4. The highest BCUT2D eigenvalue weighted by Crippen LogP contribution is 2.25. The Morgan fingerprint density at radius 1 is 1.07 bits per heavy atom. The normalized spacial score (nSPS) is 10.6. The SMILES string of the molecule is CCN(CCC(=O)Nc1cc(Cl)ccc1Cl)CC(=O)Nc1cccc(OC)c1. The largest absolute Gasteiger partial charge is 0.497 e. The molecule has 6 nitrogen and oxygen atoms in total. The molecule has 8 heteroatoms. The Hall–Kier alpha value is -2.28. The van der Waals surface area contributed by atoms with Crippen molar-refractivity contribution in [2.45, 2.75) is 13.3 Å². The minimum Gasteiger partial charge on any atom is -0.497 e. The fraction of sp³-hybridized carbons (Fsp3) is 0.300. The maximum absolute atomic E-state index is 12.3. The van der Waals surface area contributed by atoms with E-state index in [0.29, 0.717) is 40.3 Å². The molecule has 0 aliphatic carbocycles. The predicted molar refractivity (Wildman–Crippen MR) is 113 cm³/mol. The summed E-state index contributed by atoms with van der Waals surface area (Å²) in [6.45, 7) is 3.19. The molecule has 0 saturated carbocycles. The van der Waals surface area contributed by atoms with Crippen LogP contribution in [0.15, 0.2) is 42.5 Å². The summed E-state index contributed by atoms with van der Waals surface area (Å²) in [5.41, 5.74) is 1.13. The predicted octanol–water partition coefficient (Wildman–Crippen LogP) is 4.29. The van der Waals surface area contributed by atoms with Gasteiger partial charge in [0.25, 0.3) is 0 Å². The van der Waals surface area contributed by atoms with Gasteiger partial charge >= 0.3 is 0 Å². The van der Waals surface area contributed by atoms with Crippen molar-refractivity contribution in [1.82, 2.24) is 4.90 Å². The van der Waals surface area contributed by atoms with Gasteiger partial charge in [-0.3, -0.25) is 14.5 Å². The highest BCUT2D eigenvalue weighted by molar-refractivity contribution is 6.35. The molecule has 0 heterocycles. The summed E-state index contributed by atoms with van der Waals surface area (Å²) < 4.78 is 5.14. The first kappa shape index (κ1) is 22.0. The van der Waals surface area contributed by atoms with Crippen molar-refractivity contribution in [2.24, 2.45) is 0 Å². The van der Waals surface area contributed by atoms with Crippen LogP contribution >= 0.6 is 23.2 Å². The smallest absolute Gasteiger partial charge is 0.238 e. The standard InChI is InChI=1S/C20H23Cl2N3O3/c1-3-25(13-20(27)23-15-5-4-6-16(12-15)28-2)10-9-19(26)24-18-11-14(21)7-8-17(18)22/h4-8,11-12H,3,9-10,13H2,1-2H3,(H,23,27)(H,24,26). The molecule has 2 N–H and O–H groups in total. The third-order valence-electron chi connectivity index (χ3n) is 4.03. The Balaban J connectivity index is 1.83. The molecule has 0 saturated heterocycles. The number of carbonyl (C=O) groups excluding carboxylic acids is 2. The van der Waals surface area contributed by atoms with E-state index in [1.807, 2.05) is 11.8 Å². The van der Waals surface area contributed by atoms with Gasteiger partial charge in [0, 0.05) is 29.7 Å². The van der Waals surface area contributed by atoms with Gasteiger partial charge in [0.15, 0.2) is 0 Å². The van der Waals surface area contributed by atoms with Crippen LogP contribution in [0.5, 0.6) is 5.75 Å². The van der Waals surface area contributed by atoms with Gasteiger partial charge in [-0.05, 0) is 36.9 Å². The van der Waals surface area contributed by atoms with E-state index in [0.717, 1.165) is 0 Å². The van der Waals surface area contributed by atoms with E-state index in [4.69, 9.17) is 27.9 Å². The molecular weight excluding hydrogens is 401 g/mol. The molecule has 0 atom stereocenters. The summed E-state index contributed by atoms with van der Waals surface area (Å²) in [6.07, 6.45) is 0.225. The van der Waals surface area contributed by atoms with Crippen molar-refractivity contribution in [1.29, 1.82) is 0 Å². The quantitative estimate of drug-likeness (QED) is 0.630. The number of carbonyl (C=O) groups is 2. The Morgan fingerprint density at radius 2 is 1.86 bits per heavy atom. The Kier molecular flexibility index (Phi) is 8.57. The highest BCUT2D eigenvalue weighted by Gasteiger charge is 2.13. The molecule has 0 bridgehead atoms. The summed E-state index contributed by atoms with van der Waals surface area (Å²) in [5.74, 6) is 0.311. The van der Waals surface area contributed by atoms with E-state index < -0.39 is 0 Å². The first-order chi connectivity index (χ1) is 13.4. The number of anilines is 2. The second-order valence-electron chi connectivity index (χ2n) is 6.07. The minimum absolute atomic E-state index is 0.159. The van der Waals surface area contributed by atoms with Crippen LogP contribution in [0, 0.1) is 0 Å². The van der Waals surface area contributed by atoms with Crippen molar-refractivity contribution in [3.8, 4) is 5.75 Å². The van der Waals surface area contributed by atoms with Crippen LogP contribution in [-0.4, -0.2) is 43.5 Å². The van der Waals surface area contributed by atoms with Gasteiger partial charge in [-0.1, -0.05) is 36.2 Å². The second-order valence-corrected chi connectivity index (χ2v) is 6.91. The number of ether oxygens (including phenoxy) is 1. The summed E-state index contributed by atoms with van der Waals surface area (Å²) in [7, 11) is 1.57. The maximum Gasteiger partial charge on any atom is 0.238 e. The average Bonchev–Trinajstić information content (AvgIpc) is 2.68. The molecule has 0 radical (unpaired) electrons. The second kappa shape index (κ2) is 10.9. The van der Waals surface area contributed by atoms with Crippen molar-refractivity contribution in [3.63, 3.8) is 0 Å². The maximum atomic E-state index is 12.3. The van der Waals surface area contributed by atoms with Gasteiger partial charge in [0.1, 0.15) is 5.75 Å². The number of likely N-dealkylation sites (N-methyl/N-ethyl adjacent to an activating group) is 1. The zero-order chi connectivity index (χ0) is 20.5. The van der Waals surface area contributed by atoms with Crippen molar-refractivity contribution >= 4 is 46.4 Å². The molecule has 2 amide bonds. The number of amides is 2. The molecule has 2 aromatic rings. The first-order valence-corrected chi connectivity index (χ1v) is 9.58.